The van der Waals surface area contributed by atoms with Gasteiger partial charge in [0.15, 0.2) is 0 Å². The Labute approximate surface area is 96.8 Å². The van der Waals surface area contributed by atoms with E-state index in [-0.39, 0.29) is 0 Å². The molecular weight excluding hydrogens is 202 g/mol. The molecule has 0 radical (unpaired) electrons. The average Bonchev–Trinajstić information content (AvgIpc) is 2.60. The maximum atomic E-state index is 9.04. The summed E-state index contributed by atoms with van der Waals surface area (Å²) in [6.45, 7) is 4.05. The van der Waals surface area contributed by atoms with Gasteiger partial charge in [0, 0.05) is 13.2 Å². The Morgan fingerprint density at radius 1 is 1.44 bits per heavy atom. The van der Waals surface area contributed by atoms with E-state index in [0.717, 1.165) is 31.0 Å². The van der Waals surface area contributed by atoms with Crippen LogP contribution < -0.4 is 5.32 Å². The molecule has 0 amide bonds. The Balaban J connectivity index is 1.74. The van der Waals surface area contributed by atoms with Crippen molar-refractivity contribution in [3.63, 3.8) is 0 Å². The van der Waals surface area contributed by atoms with E-state index in [1.165, 1.54) is 19.3 Å². The Morgan fingerprint density at radius 3 is 2.75 bits per heavy atom. The van der Waals surface area contributed by atoms with Gasteiger partial charge in [-0.25, -0.2) is 0 Å². The lowest BCUT2D eigenvalue weighted by Gasteiger charge is -2.42. The van der Waals surface area contributed by atoms with Crippen LogP contribution in [0.5, 0.6) is 0 Å². The van der Waals surface area contributed by atoms with Gasteiger partial charge in [-0.3, -0.25) is 0 Å². The van der Waals surface area contributed by atoms with Gasteiger partial charge in [-0.2, -0.15) is 0 Å². The van der Waals surface area contributed by atoms with E-state index >= 15 is 0 Å². The minimum absolute atomic E-state index is 0.307. The Kier molecular flexibility index (Phi) is 3.66. The first-order chi connectivity index (χ1) is 7.74. The molecule has 1 heterocycles. The summed E-state index contributed by atoms with van der Waals surface area (Å²) in [5.41, 5.74) is 0.358. The van der Waals surface area contributed by atoms with Gasteiger partial charge in [0.1, 0.15) is 11.5 Å². The smallest absolute Gasteiger partial charge is 0.117 e. The molecule has 90 valence electrons. The molecule has 16 heavy (non-hydrogen) atoms. The van der Waals surface area contributed by atoms with E-state index in [4.69, 9.17) is 9.52 Å². The zero-order valence-electron chi connectivity index (χ0n) is 9.96. The molecule has 3 nitrogen and oxygen atoms in total. The fourth-order valence-corrected chi connectivity index (χ4v) is 2.46. The van der Waals surface area contributed by atoms with Crippen molar-refractivity contribution < 1.29 is 9.52 Å². The molecule has 1 aromatic rings. The van der Waals surface area contributed by atoms with Gasteiger partial charge in [-0.15, -0.1) is 0 Å². The van der Waals surface area contributed by atoms with Crippen LogP contribution >= 0.6 is 0 Å². The van der Waals surface area contributed by atoms with Crippen LogP contribution in [0.2, 0.25) is 0 Å². The number of nitrogens with one attached hydrogen (secondary N) is 1. The second kappa shape index (κ2) is 5.02. The van der Waals surface area contributed by atoms with Gasteiger partial charge in [0.25, 0.3) is 0 Å². The number of furan rings is 1. The minimum Gasteiger partial charge on any atom is -0.465 e. The van der Waals surface area contributed by atoms with Gasteiger partial charge in [0.2, 0.25) is 0 Å². The molecule has 0 spiro atoms. The summed E-state index contributed by atoms with van der Waals surface area (Å²) in [6.07, 6.45) is 4.73. The number of aliphatic hydroxyl groups is 1. The van der Waals surface area contributed by atoms with E-state index in [9.17, 15) is 0 Å². The molecule has 0 aliphatic heterocycles. The predicted molar refractivity (Wildman–Crippen MR) is 63.1 cm³/mol. The molecule has 1 saturated carbocycles. The summed E-state index contributed by atoms with van der Waals surface area (Å²) < 4.78 is 5.50. The molecule has 1 aromatic heterocycles. The average molecular weight is 223 g/mol. The molecule has 2 rings (SSSR count). The highest BCUT2D eigenvalue weighted by Crippen LogP contribution is 2.43. The lowest BCUT2D eigenvalue weighted by atomic mass is 9.67. The summed E-state index contributed by atoms with van der Waals surface area (Å²) in [4.78, 5) is 0. The molecule has 1 fully saturated rings. The van der Waals surface area contributed by atoms with Gasteiger partial charge in [-0.1, -0.05) is 6.42 Å². The number of aryl methyl sites for hydroxylation is 1. The van der Waals surface area contributed by atoms with Crippen molar-refractivity contribution in [1.82, 2.24) is 5.32 Å². The van der Waals surface area contributed by atoms with E-state index in [0.29, 0.717) is 12.0 Å². The molecule has 3 heteroatoms. The van der Waals surface area contributed by atoms with Gasteiger partial charge >= 0.3 is 0 Å². The SMILES string of the molecule is Cc1ccc(CNCC2(CCO)CCC2)o1. The van der Waals surface area contributed by atoms with E-state index in [1.807, 2.05) is 19.1 Å². The summed E-state index contributed by atoms with van der Waals surface area (Å²) in [5, 5.41) is 12.5. The van der Waals surface area contributed by atoms with Crippen molar-refractivity contribution in [3.05, 3.63) is 23.7 Å². The fraction of sp³-hybridized carbons (Fsp3) is 0.692. The second-order valence-electron chi connectivity index (χ2n) is 4.94. The summed E-state index contributed by atoms with van der Waals surface area (Å²) in [5.74, 6) is 1.96. The topological polar surface area (TPSA) is 45.4 Å². The number of hydrogen-bond donors (Lipinski definition) is 2. The molecule has 0 atom stereocenters. The minimum atomic E-state index is 0.307. The normalized spacial score (nSPS) is 18.4. The standard InChI is InChI=1S/C13H21NO2/c1-11-3-4-12(16-11)9-14-10-13(7-8-15)5-2-6-13/h3-4,14-15H,2,5-10H2,1H3. The first-order valence-electron chi connectivity index (χ1n) is 6.11. The predicted octanol–water partition coefficient (Wildman–Crippen LogP) is 2.23. The van der Waals surface area contributed by atoms with Crippen LogP contribution in [-0.4, -0.2) is 18.3 Å². The van der Waals surface area contributed by atoms with Crippen LogP contribution in [-0.2, 0) is 6.54 Å². The van der Waals surface area contributed by atoms with Crippen LogP contribution in [0.4, 0.5) is 0 Å². The third-order valence-electron chi connectivity index (χ3n) is 3.65. The molecule has 0 unspecified atom stereocenters. The molecule has 2 N–H and O–H groups in total. The molecular formula is C13H21NO2. The van der Waals surface area contributed by atoms with Crippen molar-refractivity contribution in [2.45, 2.75) is 39.2 Å². The quantitative estimate of drug-likeness (QED) is 0.777. The van der Waals surface area contributed by atoms with E-state index in [2.05, 4.69) is 5.32 Å². The van der Waals surface area contributed by atoms with E-state index < -0.39 is 0 Å². The largest absolute Gasteiger partial charge is 0.465 e. The van der Waals surface area contributed by atoms with Crippen LogP contribution in [0, 0.1) is 12.3 Å². The number of hydrogen-bond acceptors (Lipinski definition) is 3. The zero-order valence-corrected chi connectivity index (χ0v) is 9.96. The van der Waals surface area contributed by atoms with Crippen molar-refractivity contribution in [1.29, 1.82) is 0 Å². The molecule has 1 aliphatic rings. The van der Waals surface area contributed by atoms with Crippen LogP contribution in [0.15, 0.2) is 16.5 Å². The third kappa shape index (κ3) is 2.66. The maximum absolute atomic E-state index is 9.04. The molecule has 0 bridgehead atoms. The van der Waals surface area contributed by atoms with Gasteiger partial charge in [0.05, 0.1) is 6.54 Å². The first-order valence-corrected chi connectivity index (χ1v) is 6.11. The molecule has 1 aliphatic carbocycles. The zero-order chi connectivity index (χ0) is 11.4. The lowest BCUT2D eigenvalue weighted by molar-refractivity contribution is 0.0853. The second-order valence-corrected chi connectivity index (χ2v) is 4.94. The van der Waals surface area contributed by atoms with Crippen LogP contribution in [0.1, 0.15) is 37.2 Å². The van der Waals surface area contributed by atoms with E-state index in [1.54, 1.807) is 0 Å². The molecule has 0 aromatic carbocycles. The summed E-state index contributed by atoms with van der Waals surface area (Å²) >= 11 is 0. The Morgan fingerprint density at radius 2 is 2.25 bits per heavy atom. The van der Waals surface area contributed by atoms with Crippen molar-refractivity contribution >= 4 is 0 Å². The van der Waals surface area contributed by atoms with Crippen molar-refractivity contribution in [2.75, 3.05) is 13.2 Å². The lowest BCUT2D eigenvalue weighted by Crippen LogP contribution is -2.40. The maximum Gasteiger partial charge on any atom is 0.117 e. The first kappa shape index (κ1) is 11.7. The number of aliphatic hydroxyl groups excluding tert-OH is 1. The fourth-order valence-electron chi connectivity index (χ4n) is 2.46. The van der Waals surface area contributed by atoms with Gasteiger partial charge < -0.3 is 14.8 Å². The third-order valence-corrected chi connectivity index (χ3v) is 3.65. The monoisotopic (exact) mass is 223 g/mol. The Bertz CT molecular complexity index is 328. The number of rotatable bonds is 6. The summed E-state index contributed by atoms with van der Waals surface area (Å²) in [7, 11) is 0. The highest BCUT2D eigenvalue weighted by Gasteiger charge is 2.35. The van der Waals surface area contributed by atoms with Crippen LogP contribution in [0.3, 0.4) is 0 Å². The summed E-state index contributed by atoms with van der Waals surface area (Å²) in [6, 6.07) is 4.01. The molecule has 0 saturated heterocycles. The highest BCUT2D eigenvalue weighted by atomic mass is 16.3. The van der Waals surface area contributed by atoms with Crippen molar-refractivity contribution in [2.24, 2.45) is 5.41 Å². The Hall–Kier alpha value is -0.800. The van der Waals surface area contributed by atoms with Crippen LogP contribution in [0.25, 0.3) is 0 Å². The van der Waals surface area contributed by atoms with Gasteiger partial charge in [-0.05, 0) is 43.7 Å². The highest BCUT2D eigenvalue weighted by molar-refractivity contribution is 5.05. The van der Waals surface area contributed by atoms with Crippen molar-refractivity contribution in [3.8, 4) is 0 Å².